The van der Waals surface area contributed by atoms with E-state index >= 15 is 0 Å². The van der Waals surface area contributed by atoms with Gasteiger partial charge in [0.2, 0.25) is 0 Å². The third kappa shape index (κ3) is 5.79. The number of aryl methyl sites for hydroxylation is 1. The quantitative estimate of drug-likeness (QED) is 0.327. The van der Waals surface area contributed by atoms with E-state index in [9.17, 15) is 0 Å². The average molecular weight is 490 g/mol. The van der Waals surface area contributed by atoms with Crippen molar-refractivity contribution >= 4 is 29.9 Å². The number of nitrogens with zero attached hydrogens (tertiary/aromatic N) is 5. The van der Waals surface area contributed by atoms with E-state index in [0.717, 1.165) is 36.7 Å². The second kappa shape index (κ2) is 10.8. The highest BCUT2D eigenvalue weighted by Gasteiger charge is 2.09. The molecule has 0 unspecified atom stereocenters. The number of halogens is 1. The van der Waals surface area contributed by atoms with Gasteiger partial charge in [-0.2, -0.15) is 5.10 Å². The maximum Gasteiger partial charge on any atom is 0.193 e. The molecule has 0 spiro atoms. The second-order valence-corrected chi connectivity index (χ2v) is 6.51. The number of hydrogen-bond acceptors (Lipinski definition) is 3. The number of aliphatic imine (C=N–C) groups is 1. The number of pyridine rings is 1. The molecule has 0 aliphatic carbocycles. The molecule has 0 aliphatic rings. The Kier molecular flexibility index (Phi) is 8.43. The largest absolute Gasteiger partial charge is 0.356 e. The highest BCUT2D eigenvalue weighted by molar-refractivity contribution is 14.0. The summed E-state index contributed by atoms with van der Waals surface area (Å²) in [6.07, 6.45) is 8.64. The molecule has 3 rings (SSSR count). The van der Waals surface area contributed by atoms with Crippen LogP contribution < -0.4 is 5.32 Å². The van der Waals surface area contributed by atoms with E-state index < -0.39 is 0 Å². The fourth-order valence-electron chi connectivity index (χ4n) is 2.99. The van der Waals surface area contributed by atoms with Gasteiger partial charge in [-0.1, -0.05) is 18.2 Å². The van der Waals surface area contributed by atoms with E-state index in [1.165, 1.54) is 11.1 Å². The minimum absolute atomic E-state index is 0. The van der Waals surface area contributed by atoms with Crippen molar-refractivity contribution in [3.8, 4) is 5.69 Å². The van der Waals surface area contributed by atoms with Crippen LogP contribution in [0.15, 0.2) is 66.2 Å². The van der Waals surface area contributed by atoms with E-state index in [1.807, 2.05) is 67.7 Å². The Balaban J connectivity index is 0.00000280. The molecule has 0 saturated heterocycles. The number of para-hydroxylation sites is 1. The van der Waals surface area contributed by atoms with Crippen molar-refractivity contribution < 1.29 is 0 Å². The van der Waals surface area contributed by atoms with Crippen LogP contribution in [0.5, 0.6) is 0 Å². The van der Waals surface area contributed by atoms with Crippen LogP contribution >= 0.6 is 24.0 Å². The van der Waals surface area contributed by atoms with Gasteiger partial charge in [0.25, 0.3) is 0 Å². The third-order valence-electron chi connectivity index (χ3n) is 4.46. The van der Waals surface area contributed by atoms with Crippen LogP contribution in [0.1, 0.15) is 16.7 Å². The number of hydrogen-bond donors (Lipinski definition) is 1. The van der Waals surface area contributed by atoms with Gasteiger partial charge >= 0.3 is 0 Å². The number of guanidine groups is 1. The molecule has 6 nitrogen and oxygen atoms in total. The zero-order chi connectivity index (χ0) is 19.1. The van der Waals surface area contributed by atoms with Gasteiger partial charge < -0.3 is 10.2 Å². The molecule has 0 radical (unpaired) electrons. The minimum atomic E-state index is 0. The van der Waals surface area contributed by atoms with Crippen LogP contribution in [0.25, 0.3) is 5.69 Å². The molecular weight excluding hydrogens is 463 g/mol. The highest BCUT2D eigenvalue weighted by atomic mass is 127. The highest BCUT2D eigenvalue weighted by Crippen LogP contribution is 2.09. The predicted molar refractivity (Wildman–Crippen MR) is 124 cm³/mol. The van der Waals surface area contributed by atoms with Crippen LogP contribution in [-0.4, -0.2) is 46.3 Å². The Morgan fingerprint density at radius 2 is 1.96 bits per heavy atom. The first-order valence-electron chi connectivity index (χ1n) is 9.07. The zero-order valence-corrected chi connectivity index (χ0v) is 18.9. The van der Waals surface area contributed by atoms with Crippen molar-refractivity contribution in [1.82, 2.24) is 25.0 Å². The summed E-state index contributed by atoms with van der Waals surface area (Å²) in [5, 5.41) is 7.89. The monoisotopic (exact) mass is 490 g/mol. The lowest BCUT2D eigenvalue weighted by Gasteiger charge is -2.21. The van der Waals surface area contributed by atoms with Gasteiger partial charge in [0, 0.05) is 51.3 Å². The summed E-state index contributed by atoms with van der Waals surface area (Å²) < 4.78 is 1.89. The Labute approximate surface area is 183 Å². The van der Waals surface area contributed by atoms with Crippen molar-refractivity contribution in [3.63, 3.8) is 0 Å². The molecule has 7 heteroatoms. The molecule has 148 valence electrons. The Morgan fingerprint density at radius 1 is 1.18 bits per heavy atom. The summed E-state index contributed by atoms with van der Waals surface area (Å²) >= 11 is 0. The Morgan fingerprint density at radius 3 is 2.68 bits per heavy atom. The lowest BCUT2D eigenvalue weighted by atomic mass is 10.1. The lowest BCUT2D eigenvalue weighted by Crippen LogP contribution is -2.39. The van der Waals surface area contributed by atoms with Gasteiger partial charge in [-0.15, -0.1) is 24.0 Å². The first kappa shape index (κ1) is 21.9. The summed E-state index contributed by atoms with van der Waals surface area (Å²) in [7, 11) is 3.84. The molecule has 0 saturated carbocycles. The van der Waals surface area contributed by atoms with Crippen molar-refractivity contribution in [1.29, 1.82) is 0 Å². The average Bonchev–Trinajstić information content (AvgIpc) is 3.15. The van der Waals surface area contributed by atoms with Gasteiger partial charge in [0.1, 0.15) is 0 Å². The van der Waals surface area contributed by atoms with Crippen molar-refractivity contribution in [2.45, 2.75) is 19.9 Å². The topological polar surface area (TPSA) is 58.3 Å². The molecule has 2 aromatic heterocycles. The van der Waals surface area contributed by atoms with E-state index in [0.29, 0.717) is 0 Å². The van der Waals surface area contributed by atoms with Gasteiger partial charge in [0.05, 0.1) is 11.9 Å². The zero-order valence-electron chi connectivity index (χ0n) is 16.5. The van der Waals surface area contributed by atoms with E-state index in [1.54, 1.807) is 0 Å². The molecule has 1 aromatic carbocycles. The Bertz CT molecular complexity index is 891. The molecule has 2 heterocycles. The first-order chi connectivity index (χ1) is 13.2. The molecular formula is C21H27IN6. The van der Waals surface area contributed by atoms with Crippen molar-refractivity contribution in [3.05, 3.63) is 77.9 Å². The molecule has 0 amide bonds. The smallest absolute Gasteiger partial charge is 0.193 e. The molecule has 0 bridgehead atoms. The number of rotatable bonds is 6. The molecule has 0 fully saturated rings. The minimum Gasteiger partial charge on any atom is -0.356 e. The van der Waals surface area contributed by atoms with Gasteiger partial charge in [-0.25, -0.2) is 4.68 Å². The van der Waals surface area contributed by atoms with E-state index in [2.05, 4.69) is 44.5 Å². The SMILES string of the molecule is CN=C(NCCc1ccncc1C)N(C)Cc1cnn(-c2ccccc2)c1.I. The van der Waals surface area contributed by atoms with Crippen LogP contribution in [0.3, 0.4) is 0 Å². The molecule has 0 aliphatic heterocycles. The normalized spacial score (nSPS) is 11.0. The first-order valence-corrected chi connectivity index (χ1v) is 9.07. The third-order valence-corrected chi connectivity index (χ3v) is 4.46. The van der Waals surface area contributed by atoms with Crippen molar-refractivity contribution in [2.24, 2.45) is 4.99 Å². The summed E-state index contributed by atoms with van der Waals surface area (Å²) in [5.41, 5.74) is 4.71. The molecule has 3 aromatic rings. The number of benzene rings is 1. The maximum absolute atomic E-state index is 4.46. The number of aromatic nitrogens is 3. The van der Waals surface area contributed by atoms with Gasteiger partial charge in [-0.05, 0) is 42.7 Å². The van der Waals surface area contributed by atoms with Crippen molar-refractivity contribution in [2.75, 3.05) is 20.6 Å². The molecule has 28 heavy (non-hydrogen) atoms. The fraction of sp³-hybridized carbons (Fsp3) is 0.286. The van der Waals surface area contributed by atoms with E-state index in [-0.39, 0.29) is 24.0 Å². The van der Waals surface area contributed by atoms with Crippen LogP contribution in [0.2, 0.25) is 0 Å². The van der Waals surface area contributed by atoms with Gasteiger partial charge in [-0.3, -0.25) is 9.98 Å². The Hall–Kier alpha value is -2.42. The fourth-order valence-corrected chi connectivity index (χ4v) is 2.99. The molecule has 1 N–H and O–H groups in total. The molecule has 0 atom stereocenters. The second-order valence-electron chi connectivity index (χ2n) is 6.51. The summed E-state index contributed by atoms with van der Waals surface area (Å²) in [6.45, 7) is 3.65. The van der Waals surface area contributed by atoms with E-state index in [4.69, 9.17) is 0 Å². The lowest BCUT2D eigenvalue weighted by molar-refractivity contribution is 0.477. The summed E-state index contributed by atoms with van der Waals surface area (Å²) in [4.78, 5) is 10.6. The summed E-state index contributed by atoms with van der Waals surface area (Å²) in [6, 6.07) is 12.2. The van der Waals surface area contributed by atoms with Gasteiger partial charge in [0.15, 0.2) is 5.96 Å². The maximum atomic E-state index is 4.46. The predicted octanol–water partition coefficient (Wildman–Crippen LogP) is 3.44. The van der Waals surface area contributed by atoms with Crippen LogP contribution in [0.4, 0.5) is 0 Å². The van der Waals surface area contributed by atoms with Crippen LogP contribution in [-0.2, 0) is 13.0 Å². The number of nitrogens with one attached hydrogen (secondary N) is 1. The van der Waals surface area contributed by atoms with Crippen LogP contribution in [0, 0.1) is 6.92 Å². The summed E-state index contributed by atoms with van der Waals surface area (Å²) in [5.74, 6) is 0.870. The standard InChI is InChI=1S/C21H26N6.HI/c1-17-13-23-11-9-19(17)10-12-24-21(22-2)26(3)15-18-14-25-27(16-18)20-7-5-4-6-8-20;/h4-9,11,13-14,16H,10,12,15H2,1-3H3,(H,22,24);1H.